The second-order valence-electron chi connectivity index (χ2n) is 8.94. The van der Waals surface area contributed by atoms with E-state index in [1.165, 1.54) is 16.2 Å². The van der Waals surface area contributed by atoms with E-state index in [4.69, 9.17) is 14.2 Å². The van der Waals surface area contributed by atoms with Crippen LogP contribution in [0.4, 0.5) is 0 Å². The molecule has 1 aromatic carbocycles. The van der Waals surface area contributed by atoms with Crippen LogP contribution in [0.2, 0.25) is 0 Å². The van der Waals surface area contributed by atoms with E-state index < -0.39 is 0 Å². The summed E-state index contributed by atoms with van der Waals surface area (Å²) in [4.78, 5) is 32.5. The molecule has 4 heterocycles. The second kappa shape index (κ2) is 11.5. The average Bonchev–Trinajstić information content (AvgIpc) is 3.69. The third-order valence-electron chi connectivity index (χ3n) is 6.66. The van der Waals surface area contributed by atoms with Gasteiger partial charge in [0.15, 0.2) is 0 Å². The Balaban J connectivity index is 1.33. The molecule has 36 heavy (non-hydrogen) atoms. The first kappa shape index (κ1) is 24.8. The van der Waals surface area contributed by atoms with Gasteiger partial charge in [0.1, 0.15) is 24.7 Å². The highest BCUT2D eigenvalue weighted by atomic mass is 32.1. The first-order chi connectivity index (χ1) is 17.6. The summed E-state index contributed by atoms with van der Waals surface area (Å²) in [6, 6.07) is 13.0. The van der Waals surface area contributed by atoms with E-state index >= 15 is 0 Å². The summed E-state index contributed by atoms with van der Waals surface area (Å²) in [6.45, 7) is 2.07. The highest BCUT2D eigenvalue weighted by molar-refractivity contribution is 7.12. The van der Waals surface area contributed by atoms with E-state index in [0.717, 1.165) is 30.6 Å². The minimum atomic E-state index is -0.222. The van der Waals surface area contributed by atoms with E-state index in [9.17, 15) is 9.59 Å². The molecule has 0 N–H and O–H groups in total. The third-order valence-corrected chi connectivity index (χ3v) is 8.51. The van der Waals surface area contributed by atoms with Crippen molar-refractivity contribution in [2.24, 2.45) is 0 Å². The number of amides is 2. The van der Waals surface area contributed by atoms with E-state index in [1.54, 1.807) is 23.3 Å². The molecule has 9 heteroatoms. The first-order valence-electron chi connectivity index (χ1n) is 12.2. The fourth-order valence-corrected chi connectivity index (χ4v) is 6.42. The molecule has 190 valence electrons. The van der Waals surface area contributed by atoms with Crippen molar-refractivity contribution in [1.29, 1.82) is 0 Å². The summed E-state index contributed by atoms with van der Waals surface area (Å²) in [5, 5.41) is 3.95. The molecule has 2 aliphatic heterocycles. The number of nitrogens with zero attached hydrogens (tertiary/aromatic N) is 2. The number of fused-ring (bicyclic) bond motifs is 1. The number of carbonyl (C=O) groups excluding carboxylic acids is 2. The Bertz CT molecular complexity index is 1170. The minimum absolute atomic E-state index is 0.0196. The number of rotatable bonds is 9. The second-order valence-corrected chi connectivity index (χ2v) is 10.9. The van der Waals surface area contributed by atoms with Gasteiger partial charge in [-0.1, -0.05) is 12.1 Å². The lowest BCUT2D eigenvalue weighted by molar-refractivity contribution is -0.135. The van der Waals surface area contributed by atoms with Gasteiger partial charge in [-0.15, -0.1) is 22.7 Å². The van der Waals surface area contributed by atoms with Crippen LogP contribution in [0, 0.1) is 0 Å². The lowest BCUT2D eigenvalue weighted by Gasteiger charge is -2.37. The van der Waals surface area contributed by atoms with Crippen LogP contribution in [-0.4, -0.2) is 67.7 Å². The van der Waals surface area contributed by atoms with Gasteiger partial charge < -0.3 is 24.0 Å². The number of carbonyl (C=O) groups is 2. The third kappa shape index (κ3) is 5.58. The Labute approximate surface area is 219 Å². The van der Waals surface area contributed by atoms with Crippen LogP contribution in [-0.2, 0) is 16.0 Å². The van der Waals surface area contributed by atoms with Crippen molar-refractivity contribution >= 4 is 34.5 Å². The smallest absolute Gasteiger partial charge is 0.264 e. The molecule has 0 unspecified atom stereocenters. The number of hydrogen-bond acceptors (Lipinski definition) is 7. The maximum Gasteiger partial charge on any atom is 0.264 e. The highest BCUT2D eigenvalue weighted by Gasteiger charge is 2.34. The van der Waals surface area contributed by atoms with Crippen LogP contribution < -0.4 is 9.47 Å². The molecule has 0 radical (unpaired) electrons. The van der Waals surface area contributed by atoms with E-state index in [1.807, 2.05) is 46.7 Å². The number of ether oxygens (including phenoxy) is 3. The van der Waals surface area contributed by atoms with Gasteiger partial charge in [0.05, 0.1) is 24.1 Å². The van der Waals surface area contributed by atoms with Crippen molar-refractivity contribution in [3.63, 3.8) is 0 Å². The fourth-order valence-electron chi connectivity index (χ4n) is 4.80. The van der Waals surface area contributed by atoms with E-state index in [-0.39, 0.29) is 30.5 Å². The SMILES string of the molecule is COc1cccc(OC[C@H]2c3ccsc3CCN2C(=O)CN(C[C@@H]2CCCO2)C(=O)c2cccs2)c1. The molecule has 2 amide bonds. The molecule has 2 aliphatic rings. The topological polar surface area (TPSA) is 68.3 Å². The van der Waals surface area contributed by atoms with Crippen molar-refractivity contribution < 1.29 is 23.8 Å². The largest absolute Gasteiger partial charge is 0.497 e. The van der Waals surface area contributed by atoms with Gasteiger partial charge in [0, 0.05) is 30.6 Å². The predicted molar refractivity (Wildman–Crippen MR) is 140 cm³/mol. The van der Waals surface area contributed by atoms with Gasteiger partial charge in [-0.25, -0.2) is 0 Å². The van der Waals surface area contributed by atoms with Gasteiger partial charge in [0.2, 0.25) is 5.91 Å². The average molecular weight is 527 g/mol. The van der Waals surface area contributed by atoms with Crippen molar-refractivity contribution in [2.75, 3.05) is 40.0 Å². The first-order valence-corrected chi connectivity index (χ1v) is 14.0. The monoisotopic (exact) mass is 526 g/mol. The molecule has 0 spiro atoms. The quantitative estimate of drug-likeness (QED) is 0.406. The van der Waals surface area contributed by atoms with Crippen LogP contribution in [0.15, 0.2) is 53.2 Å². The number of hydrogen-bond donors (Lipinski definition) is 0. The fraction of sp³-hybridized carbons (Fsp3) is 0.407. The summed E-state index contributed by atoms with van der Waals surface area (Å²) < 4.78 is 17.3. The van der Waals surface area contributed by atoms with Crippen LogP contribution in [0.5, 0.6) is 11.5 Å². The lowest BCUT2D eigenvalue weighted by Crippen LogP contribution is -2.49. The van der Waals surface area contributed by atoms with Crippen molar-refractivity contribution in [1.82, 2.24) is 9.80 Å². The summed E-state index contributed by atoms with van der Waals surface area (Å²) in [6.07, 6.45) is 2.66. The van der Waals surface area contributed by atoms with Crippen LogP contribution >= 0.6 is 22.7 Å². The molecule has 3 aromatic rings. The molecule has 7 nitrogen and oxygen atoms in total. The van der Waals surface area contributed by atoms with Crippen molar-refractivity contribution in [3.05, 3.63) is 68.5 Å². The van der Waals surface area contributed by atoms with Gasteiger partial charge >= 0.3 is 0 Å². The maximum atomic E-state index is 13.7. The Hall–Kier alpha value is -2.88. The molecule has 0 aliphatic carbocycles. The van der Waals surface area contributed by atoms with Gasteiger partial charge in [-0.2, -0.15) is 0 Å². The zero-order valence-electron chi connectivity index (χ0n) is 20.3. The molecule has 0 saturated carbocycles. The number of benzene rings is 1. The summed E-state index contributed by atoms with van der Waals surface area (Å²) in [5.41, 5.74) is 1.12. The summed E-state index contributed by atoms with van der Waals surface area (Å²) >= 11 is 3.11. The lowest BCUT2D eigenvalue weighted by atomic mass is 10.0. The van der Waals surface area contributed by atoms with Crippen molar-refractivity contribution in [3.8, 4) is 11.5 Å². The van der Waals surface area contributed by atoms with Gasteiger partial charge in [0.25, 0.3) is 5.91 Å². The van der Waals surface area contributed by atoms with E-state index in [2.05, 4.69) is 11.4 Å². The molecular weight excluding hydrogens is 496 g/mol. The Morgan fingerprint density at radius 3 is 2.81 bits per heavy atom. The maximum absolute atomic E-state index is 13.7. The molecule has 1 saturated heterocycles. The summed E-state index contributed by atoms with van der Waals surface area (Å²) in [5.74, 6) is 1.22. The predicted octanol–water partition coefficient (Wildman–Crippen LogP) is 4.64. The highest BCUT2D eigenvalue weighted by Crippen LogP contribution is 2.34. The van der Waals surface area contributed by atoms with Crippen LogP contribution in [0.25, 0.3) is 0 Å². The number of thiophene rings is 2. The van der Waals surface area contributed by atoms with Crippen LogP contribution in [0.3, 0.4) is 0 Å². The number of methoxy groups -OCH3 is 1. The van der Waals surface area contributed by atoms with Crippen molar-refractivity contribution in [2.45, 2.75) is 31.4 Å². The summed E-state index contributed by atoms with van der Waals surface area (Å²) in [7, 11) is 1.62. The standard InChI is InChI=1S/C27H30N2O5S2/c1-32-19-5-2-6-20(15-19)34-18-23-22-10-14-36-24(22)9-11-29(23)26(30)17-28(16-21-7-3-12-33-21)27(31)25-8-4-13-35-25/h2,4-6,8,10,13-15,21,23H,3,7,9,11-12,16-18H2,1H3/t21-,23-/m0/s1. The van der Waals surface area contributed by atoms with Gasteiger partial charge in [-0.3, -0.25) is 9.59 Å². The molecule has 2 aromatic heterocycles. The minimum Gasteiger partial charge on any atom is -0.497 e. The Morgan fingerprint density at radius 1 is 1.14 bits per heavy atom. The normalized spacial score (nSPS) is 19.1. The zero-order chi connectivity index (χ0) is 24.9. The molecule has 5 rings (SSSR count). The molecular formula is C27H30N2O5S2. The molecule has 0 bridgehead atoms. The molecule has 1 fully saturated rings. The Morgan fingerprint density at radius 2 is 2.03 bits per heavy atom. The van der Waals surface area contributed by atoms with E-state index in [0.29, 0.717) is 36.9 Å². The Kier molecular flexibility index (Phi) is 7.89. The van der Waals surface area contributed by atoms with Gasteiger partial charge in [-0.05, 0) is 59.9 Å². The molecule has 2 atom stereocenters. The van der Waals surface area contributed by atoms with Crippen LogP contribution in [0.1, 0.15) is 39.0 Å². The zero-order valence-corrected chi connectivity index (χ0v) is 21.9.